The van der Waals surface area contributed by atoms with E-state index in [1.165, 1.54) is 32.1 Å². The summed E-state index contributed by atoms with van der Waals surface area (Å²) in [7, 11) is 0. The third kappa shape index (κ3) is 3.66. The summed E-state index contributed by atoms with van der Waals surface area (Å²) in [5.41, 5.74) is 0.0206. The van der Waals surface area contributed by atoms with E-state index in [2.05, 4.69) is 20.8 Å². The van der Waals surface area contributed by atoms with E-state index in [-0.39, 0.29) is 11.4 Å². The van der Waals surface area contributed by atoms with Crippen molar-refractivity contribution in [1.29, 1.82) is 0 Å². The number of carbonyl (C=O) groups excluding carboxylic acids is 1. The average Bonchev–Trinajstić information content (AvgIpc) is 2.65. The van der Waals surface area contributed by atoms with Gasteiger partial charge in [-0.3, -0.25) is 4.79 Å². The van der Waals surface area contributed by atoms with Crippen LogP contribution in [-0.4, -0.2) is 22.9 Å². The summed E-state index contributed by atoms with van der Waals surface area (Å²) in [6.07, 6.45) is 11.3. The zero-order chi connectivity index (χ0) is 12.0. The van der Waals surface area contributed by atoms with Crippen molar-refractivity contribution in [2.75, 3.05) is 6.54 Å². The van der Waals surface area contributed by atoms with E-state index in [4.69, 9.17) is 0 Å². The first kappa shape index (κ1) is 13.3. The predicted molar refractivity (Wildman–Crippen MR) is 68.3 cm³/mol. The number of hydrogen-bond donors (Lipinski definition) is 0. The molecular weight excluding hydrogens is 198 g/mol. The van der Waals surface area contributed by atoms with Crippen LogP contribution in [-0.2, 0) is 4.79 Å². The molecule has 0 unspecified atom stereocenters. The molecule has 0 saturated heterocycles. The minimum Gasteiger partial charge on any atom is -0.330 e. The van der Waals surface area contributed by atoms with Crippen LogP contribution in [0.3, 0.4) is 0 Å². The lowest BCUT2D eigenvalue weighted by Crippen LogP contribution is -2.44. The Balaban J connectivity index is 2.26. The van der Waals surface area contributed by atoms with Crippen LogP contribution in [0.15, 0.2) is 12.2 Å². The normalized spacial score (nSPS) is 16.2. The van der Waals surface area contributed by atoms with Crippen LogP contribution in [0.4, 0.5) is 0 Å². The van der Waals surface area contributed by atoms with Crippen LogP contribution in [0.2, 0.25) is 0 Å². The third-order valence-electron chi connectivity index (χ3n) is 3.44. The van der Waals surface area contributed by atoms with Crippen molar-refractivity contribution >= 4 is 5.91 Å². The number of amides is 1. The SMILES string of the molecule is CCCCCCCC(C)(C)N1CC=CC1=O. The third-order valence-corrected chi connectivity index (χ3v) is 3.44. The highest BCUT2D eigenvalue weighted by molar-refractivity contribution is 5.90. The summed E-state index contributed by atoms with van der Waals surface area (Å²) in [5.74, 6) is 0.179. The zero-order valence-corrected chi connectivity index (χ0v) is 11.0. The maximum atomic E-state index is 11.6. The van der Waals surface area contributed by atoms with Crippen molar-refractivity contribution in [3.8, 4) is 0 Å². The summed E-state index contributed by atoms with van der Waals surface area (Å²) in [6.45, 7) is 7.38. The maximum absolute atomic E-state index is 11.6. The Labute approximate surface area is 99.7 Å². The molecule has 0 saturated carbocycles. The molecule has 1 amide bonds. The smallest absolute Gasteiger partial charge is 0.247 e. The van der Waals surface area contributed by atoms with E-state index in [1.807, 2.05) is 11.0 Å². The van der Waals surface area contributed by atoms with Crippen LogP contribution < -0.4 is 0 Å². The largest absolute Gasteiger partial charge is 0.330 e. The number of carbonyl (C=O) groups is 1. The molecule has 0 radical (unpaired) electrons. The fourth-order valence-corrected chi connectivity index (χ4v) is 2.28. The van der Waals surface area contributed by atoms with Crippen molar-refractivity contribution < 1.29 is 4.79 Å². The van der Waals surface area contributed by atoms with Gasteiger partial charge in [-0.1, -0.05) is 45.1 Å². The first-order valence-electron chi connectivity index (χ1n) is 6.56. The molecule has 2 heteroatoms. The van der Waals surface area contributed by atoms with Crippen molar-refractivity contribution in [1.82, 2.24) is 4.90 Å². The second kappa shape index (κ2) is 6.07. The molecule has 2 nitrogen and oxygen atoms in total. The Kier molecular flexibility index (Phi) is 5.04. The Morgan fingerprint density at radius 2 is 1.94 bits per heavy atom. The Bertz CT molecular complexity index is 255. The van der Waals surface area contributed by atoms with Gasteiger partial charge >= 0.3 is 0 Å². The van der Waals surface area contributed by atoms with Crippen molar-refractivity contribution in [2.24, 2.45) is 0 Å². The van der Waals surface area contributed by atoms with E-state index in [1.54, 1.807) is 6.08 Å². The first-order chi connectivity index (χ1) is 7.58. The van der Waals surface area contributed by atoms with Gasteiger partial charge in [-0.15, -0.1) is 0 Å². The molecule has 0 aliphatic carbocycles. The molecule has 1 aliphatic heterocycles. The summed E-state index contributed by atoms with van der Waals surface area (Å²) in [6, 6.07) is 0. The molecule has 0 spiro atoms. The highest BCUT2D eigenvalue weighted by Crippen LogP contribution is 2.24. The maximum Gasteiger partial charge on any atom is 0.247 e. The fourth-order valence-electron chi connectivity index (χ4n) is 2.28. The molecule has 0 atom stereocenters. The van der Waals surface area contributed by atoms with Crippen LogP contribution >= 0.6 is 0 Å². The van der Waals surface area contributed by atoms with Gasteiger partial charge in [-0.2, -0.15) is 0 Å². The fraction of sp³-hybridized carbons (Fsp3) is 0.786. The lowest BCUT2D eigenvalue weighted by atomic mass is 9.94. The molecule has 0 N–H and O–H groups in total. The standard InChI is InChI=1S/C14H25NO/c1-4-5-6-7-8-11-14(2,3)15-12-9-10-13(15)16/h9-10H,4-8,11-12H2,1-3H3. The monoisotopic (exact) mass is 223 g/mol. The number of nitrogens with zero attached hydrogens (tertiary/aromatic N) is 1. The van der Waals surface area contributed by atoms with Crippen molar-refractivity contribution in [2.45, 2.75) is 64.8 Å². The number of unbranched alkanes of at least 4 members (excludes halogenated alkanes) is 4. The van der Waals surface area contributed by atoms with Crippen LogP contribution in [0, 0.1) is 0 Å². The van der Waals surface area contributed by atoms with Crippen molar-refractivity contribution in [3.05, 3.63) is 12.2 Å². The molecule has 0 bridgehead atoms. The number of rotatable bonds is 7. The lowest BCUT2D eigenvalue weighted by Gasteiger charge is -2.35. The minimum absolute atomic E-state index is 0.0206. The van der Waals surface area contributed by atoms with Gasteiger partial charge < -0.3 is 4.90 Å². The zero-order valence-electron chi connectivity index (χ0n) is 11.0. The van der Waals surface area contributed by atoms with Crippen molar-refractivity contribution in [3.63, 3.8) is 0 Å². The second-order valence-electron chi connectivity index (χ2n) is 5.33. The Hall–Kier alpha value is -0.790. The predicted octanol–water partition coefficient (Wildman–Crippen LogP) is 3.52. The second-order valence-corrected chi connectivity index (χ2v) is 5.33. The van der Waals surface area contributed by atoms with Crippen LogP contribution in [0.25, 0.3) is 0 Å². The molecular formula is C14H25NO. The van der Waals surface area contributed by atoms with E-state index in [9.17, 15) is 4.79 Å². The van der Waals surface area contributed by atoms with Gasteiger partial charge in [0.25, 0.3) is 0 Å². The summed E-state index contributed by atoms with van der Waals surface area (Å²) in [5, 5.41) is 0. The van der Waals surface area contributed by atoms with Gasteiger partial charge in [0, 0.05) is 18.2 Å². The minimum atomic E-state index is 0.0206. The highest BCUT2D eigenvalue weighted by Gasteiger charge is 2.30. The number of hydrogen-bond acceptors (Lipinski definition) is 1. The molecule has 1 rings (SSSR count). The van der Waals surface area contributed by atoms with Gasteiger partial charge in [0.15, 0.2) is 0 Å². The van der Waals surface area contributed by atoms with Gasteiger partial charge in [-0.25, -0.2) is 0 Å². The molecule has 0 aromatic carbocycles. The molecule has 1 aliphatic rings. The van der Waals surface area contributed by atoms with Gasteiger partial charge in [0.1, 0.15) is 0 Å². The summed E-state index contributed by atoms with van der Waals surface area (Å²) in [4.78, 5) is 13.6. The van der Waals surface area contributed by atoms with E-state index >= 15 is 0 Å². The highest BCUT2D eigenvalue weighted by atomic mass is 16.2. The quantitative estimate of drug-likeness (QED) is 0.605. The van der Waals surface area contributed by atoms with Gasteiger partial charge in [0.2, 0.25) is 5.91 Å². The molecule has 1 heterocycles. The van der Waals surface area contributed by atoms with Gasteiger partial charge in [0.05, 0.1) is 0 Å². The van der Waals surface area contributed by atoms with Crippen LogP contribution in [0.5, 0.6) is 0 Å². The Morgan fingerprint density at radius 1 is 1.25 bits per heavy atom. The molecule has 16 heavy (non-hydrogen) atoms. The van der Waals surface area contributed by atoms with Crippen LogP contribution in [0.1, 0.15) is 59.3 Å². The van der Waals surface area contributed by atoms with E-state index in [0.29, 0.717) is 0 Å². The molecule has 0 fully saturated rings. The van der Waals surface area contributed by atoms with Gasteiger partial charge in [-0.05, 0) is 20.3 Å². The Morgan fingerprint density at radius 3 is 2.50 bits per heavy atom. The average molecular weight is 223 g/mol. The van der Waals surface area contributed by atoms with E-state index < -0.39 is 0 Å². The summed E-state index contributed by atoms with van der Waals surface area (Å²) < 4.78 is 0. The summed E-state index contributed by atoms with van der Waals surface area (Å²) >= 11 is 0. The van der Waals surface area contributed by atoms with E-state index in [0.717, 1.165) is 13.0 Å². The first-order valence-corrected chi connectivity index (χ1v) is 6.56. The lowest BCUT2D eigenvalue weighted by molar-refractivity contribution is -0.129. The molecule has 92 valence electrons. The molecule has 0 aromatic heterocycles. The topological polar surface area (TPSA) is 20.3 Å². The molecule has 0 aromatic rings.